The minimum absolute atomic E-state index is 0.0712. The summed E-state index contributed by atoms with van der Waals surface area (Å²) in [6.45, 7) is 7.03. The number of nitrogens with one attached hydrogen (secondary N) is 3. The Morgan fingerprint density at radius 1 is 1.02 bits per heavy atom. The summed E-state index contributed by atoms with van der Waals surface area (Å²) in [5.74, 6) is 0.436. The summed E-state index contributed by atoms with van der Waals surface area (Å²) in [5, 5.41) is 15.2. The maximum atomic E-state index is 12.9. The van der Waals surface area contributed by atoms with Crippen LogP contribution in [-0.4, -0.2) is 87.1 Å². The van der Waals surface area contributed by atoms with Gasteiger partial charge in [-0.25, -0.2) is 9.78 Å². The van der Waals surface area contributed by atoms with Crippen LogP contribution < -0.4 is 21.1 Å². The number of aromatic nitrogens is 2. The SMILES string of the molecule is C#CCN(Cc1ccc2nc(C)[nH]c(=O)c2c1)c1ccc(C(=O)N[C@@H](CCC(=O)OCCSSCCC(=O)C[C@@H](C)C(=O)N[C@@H](C)C(C)=O)C(=O)O)cc1. The van der Waals surface area contributed by atoms with Crippen molar-refractivity contribution in [2.24, 2.45) is 5.92 Å². The second-order valence-corrected chi connectivity index (χ2v) is 15.3. The van der Waals surface area contributed by atoms with E-state index in [2.05, 4.69) is 26.5 Å². The number of ether oxygens (including phenoxy) is 1. The lowest BCUT2D eigenvalue weighted by molar-refractivity contribution is -0.144. The molecule has 0 aliphatic rings. The van der Waals surface area contributed by atoms with Gasteiger partial charge in [0.05, 0.1) is 23.5 Å². The van der Waals surface area contributed by atoms with Gasteiger partial charge in [-0.05, 0) is 69.2 Å². The van der Waals surface area contributed by atoms with Crippen LogP contribution >= 0.6 is 21.6 Å². The quantitative estimate of drug-likeness (QED) is 0.0496. The highest BCUT2D eigenvalue weighted by atomic mass is 33.1. The lowest BCUT2D eigenvalue weighted by Crippen LogP contribution is -2.41. The number of aromatic amines is 1. The van der Waals surface area contributed by atoms with Crippen LogP contribution in [-0.2, 0) is 35.3 Å². The van der Waals surface area contributed by atoms with Crippen molar-refractivity contribution in [3.8, 4) is 12.3 Å². The number of aliphatic carboxylic acids is 1. The van der Waals surface area contributed by atoms with Crippen molar-refractivity contribution in [3.05, 3.63) is 69.8 Å². The molecular weight excluding hydrogens is 735 g/mol. The Labute approximate surface area is 321 Å². The number of hydrogen-bond donors (Lipinski definition) is 4. The fourth-order valence-corrected chi connectivity index (χ4v) is 6.94. The second kappa shape index (κ2) is 21.5. The standard InChI is InChI=1S/C38H45N5O9S2/c1-6-16-43(22-27-7-12-32-31(21-27)37(49)41-26(5)40-32)29-10-8-28(9-11-29)36(48)42-33(38(50)51)13-14-34(46)52-17-19-54-53-18-15-30(45)20-23(2)35(47)39-24(3)25(4)44/h1,7-12,21,23-24,33H,13-20,22H2,2-5H3,(H,39,47)(H,42,48)(H,50,51)(H,40,41,49)/t23-,24+,33+/m1/s1. The number of fused-ring (bicyclic) bond motifs is 1. The normalized spacial score (nSPS) is 12.5. The number of amides is 2. The third kappa shape index (κ3) is 14.0. The van der Waals surface area contributed by atoms with Crippen LogP contribution in [0.25, 0.3) is 10.9 Å². The third-order valence-corrected chi connectivity index (χ3v) is 10.6. The van der Waals surface area contributed by atoms with Gasteiger partial charge < -0.3 is 30.4 Å². The largest absolute Gasteiger partial charge is 0.480 e. The summed E-state index contributed by atoms with van der Waals surface area (Å²) < 4.78 is 5.19. The maximum absolute atomic E-state index is 12.9. The molecule has 3 rings (SSSR count). The monoisotopic (exact) mass is 779 g/mol. The van der Waals surface area contributed by atoms with Crippen molar-refractivity contribution in [1.29, 1.82) is 0 Å². The Kier molecular flexibility index (Phi) is 17.3. The number of anilines is 1. The number of aryl methyl sites for hydroxylation is 1. The van der Waals surface area contributed by atoms with Crippen LogP contribution in [0.15, 0.2) is 47.3 Å². The first kappa shape index (κ1) is 43.3. The Balaban J connectivity index is 1.39. The van der Waals surface area contributed by atoms with Gasteiger partial charge in [-0.2, -0.15) is 0 Å². The molecule has 14 nitrogen and oxygen atoms in total. The van der Waals surface area contributed by atoms with Crippen LogP contribution in [0.4, 0.5) is 5.69 Å². The van der Waals surface area contributed by atoms with Gasteiger partial charge in [0.1, 0.15) is 24.3 Å². The molecular formula is C38H45N5O9S2. The fourth-order valence-electron chi connectivity index (χ4n) is 5.08. The Morgan fingerprint density at radius 2 is 1.72 bits per heavy atom. The van der Waals surface area contributed by atoms with Gasteiger partial charge in [-0.1, -0.05) is 40.5 Å². The fraction of sp³-hybridized carbons (Fsp3) is 0.421. The Hall–Kier alpha value is -5.14. The molecule has 0 aliphatic heterocycles. The van der Waals surface area contributed by atoms with Crippen molar-refractivity contribution in [2.75, 3.05) is 29.6 Å². The van der Waals surface area contributed by atoms with E-state index in [0.29, 0.717) is 40.5 Å². The van der Waals surface area contributed by atoms with Gasteiger partial charge in [0.2, 0.25) is 5.91 Å². The van der Waals surface area contributed by atoms with E-state index in [9.17, 15) is 38.7 Å². The molecule has 0 saturated heterocycles. The molecule has 0 saturated carbocycles. The lowest BCUT2D eigenvalue weighted by Gasteiger charge is -2.23. The molecule has 0 bridgehead atoms. The van der Waals surface area contributed by atoms with Crippen molar-refractivity contribution in [2.45, 2.75) is 72.0 Å². The van der Waals surface area contributed by atoms with E-state index in [1.165, 1.54) is 28.5 Å². The Bertz CT molecular complexity index is 1930. The predicted octanol–water partition coefficient (Wildman–Crippen LogP) is 3.84. The number of rotatable bonds is 22. The molecule has 0 spiro atoms. The number of carbonyl (C=O) groups excluding carboxylic acids is 5. The zero-order chi connectivity index (χ0) is 39.8. The Morgan fingerprint density at radius 3 is 2.39 bits per heavy atom. The molecule has 16 heteroatoms. The number of ketones is 2. The van der Waals surface area contributed by atoms with E-state index in [0.717, 1.165) is 5.56 Å². The van der Waals surface area contributed by atoms with Crippen molar-refractivity contribution in [1.82, 2.24) is 20.6 Å². The van der Waals surface area contributed by atoms with Gasteiger partial charge in [-0.3, -0.25) is 28.8 Å². The van der Waals surface area contributed by atoms with Crippen molar-refractivity contribution < 1.29 is 38.6 Å². The number of H-pyrrole nitrogens is 1. The van der Waals surface area contributed by atoms with Crippen LogP contribution in [0.1, 0.15) is 68.2 Å². The van der Waals surface area contributed by atoms with E-state index < -0.39 is 35.8 Å². The zero-order valence-corrected chi connectivity index (χ0v) is 32.3. The van der Waals surface area contributed by atoms with E-state index in [1.807, 2.05) is 11.0 Å². The maximum Gasteiger partial charge on any atom is 0.326 e. The summed E-state index contributed by atoms with van der Waals surface area (Å²) >= 11 is 0. The van der Waals surface area contributed by atoms with Crippen molar-refractivity contribution in [3.63, 3.8) is 0 Å². The number of carboxylic acids is 1. The molecule has 0 radical (unpaired) electrons. The molecule has 0 aliphatic carbocycles. The topological polar surface area (TPSA) is 205 Å². The third-order valence-electron chi connectivity index (χ3n) is 8.21. The molecule has 3 atom stereocenters. The predicted molar refractivity (Wildman–Crippen MR) is 209 cm³/mol. The molecule has 3 aromatic rings. The number of Topliss-reactive ketones (excluding diaryl/α,β-unsaturated/α-hetero) is 2. The first-order valence-corrected chi connectivity index (χ1v) is 19.7. The lowest BCUT2D eigenvalue weighted by atomic mass is 10.0. The summed E-state index contributed by atoms with van der Waals surface area (Å²) in [6, 6.07) is 9.93. The smallest absolute Gasteiger partial charge is 0.326 e. The van der Waals surface area contributed by atoms with Crippen molar-refractivity contribution >= 4 is 73.5 Å². The van der Waals surface area contributed by atoms with E-state index in [4.69, 9.17) is 11.2 Å². The summed E-state index contributed by atoms with van der Waals surface area (Å²) in [4.78, 5) is 94.1. The summed E-state index contributed by atoms with van der Waals surface area (Å²) in [5.41, 5.74) is 2.09. The number of esters is 1. The molecule has 4 N–H and O–H groups in total. The van der Waals surface area contributed by atoms with Gasteiger partial charge in [0, 0.05) is 54.5 Å². The van der Waals surface area contributed by atoms with Crippen LogP contribution in [0.2, 0.25) is 0 Å². The number of benzene rings is 2. The number of nitrogens with zero attached hydrogens (tertiary/aromatic N) is 2. The molecule has 2 amide bonds. The van der Waals surface area contributed by atoms with Gasteiger partial charge in [0.25, 0.3) is 11.5 Å². The van der Waals surface area contributed by atoms with Gasteiger partial charge in [-0.15, -0.1) is 6.42 Å². The van der Waals surface area contributed by atoms with Gasteiger partial charge >= 0.3 is 11.9 Å². The van der Waals surface area contributed by atoms with Gasteiger partial charge in [0.15, 0.2) is 5.78 Å². The highest BCUT2D eigenvalue weighted by Gasteiger charge is 2.23. The molecule has 1 aromatic heterocycles. The molecule has 2 aromatic carbocycles. The molecule has 1 heterocycles. The first-order chi connectivity index (χ1) is 25.7. The number of terminal acetylenes is 1. The molecule has 288 valence electrons. The van der Waals surface area contributed by atoms with Crippen LogP contribution in [0.3, 0.4) is 0 Å². The second-order valence-electron chi connectivity index (χ2n) is 12.6. The highest BCUT2D eigenvalue weighted by Crippen LogP contribution is 2.23. The zero-order valence-electron chi connectivity index (χ0n) is 30.6. The van der Waals surface area contributed by atoms with Crippen LogP contribution in [0.5, 0.6) is 0 Å². The number of hydrogen-bond acceptors (Lipinski definition) is 12. The number of carboxylic acid groups (broad SMARTS) is 1. The molecule has 0 fully saturated rings. The van der Waals surface area contributed by atoms with E-state index in [-0.39, 0.29) is 67.4 Å². The number of carbonyl (C=O) groups is 6. The van der Waals surface area contributed by atoms with Crippen LogP contribution in [0, 0.1) is 25.2 Å². The average Bonchev–Trinajstić information content (AvgIpc) is 3.12. The van der Waals surface area contributed by atoms with E-state index >= 15 is 0 Å². The summed E-state index contributed by atoms with van der Waals surface area (Å²) in [6.07, 6.45) is 5.56. The van der Waals surface area contributed by atoms with E-state index in [1.54, 1.807) is 57.2 Å². The summed E-state index contributed by atoms with van der Waals surface area (Å²) in [7, 11) is 2.83. The highest BCUT2D eigenvalue weighted by molar-refractivity contribution is 8.76. The minimum Gasteiger partial charge on any atom is -0.480 e. The first-order valence-electron chi connectivity index (χ1n) is 17.2. The molecule has 54 heavy (non-hydrogen) atoms. The minimum atomic E-state index is -1.33. The average molecular weight is 780 g/mol. The molecule has 0 unspecified atom stereocenters.